The number of aromatic nitrogens is 3. The molecule has 0 spiro atoms. The number of carbonyl (C=O) groups is 1. The van der Waals surface area contributed by atoms with E-state index in [-0.39, 0.29) is 22.4 Å². The summed E-state index contributed by atoms with van der Waals surface area (Å²) in [6.07, 6.45) is 4.43. The summed E-state index contributed by atoms with van der Waals surface area (Å²) in [7, 11) is 0. The number of hydrogen-bond donors (Lipinski definition) is 1. The Kier molecular flexibility index (Phi) is 4.90. The van der Waals surface area contributed by atoms with Crippen LogP contribution in [0.4, 0.5) is 14.6 Å². The van der Waals surface area contributed by atoms with Gasteiger partial charge in [-0.15, -0.1) is 0 Å². The first-order chi connectivity index (χ1) is 11.6. The number of nitrogens with one attached hydrogen (secondary N) is 1. The smallest absolute Gasteiger partial charge is 0.290 e. The van der Waals surface area contributed by atoms with Crippen LogP contribution >= 0.6 is 11.8 Å². The predicted molar refractivity (Wildman–Crippen MR) is 84.1 cm³/mol. The first-order valence-corrected chi connectivity index (χ1v) is 7.77. The second-order valence-electron chi connectivity index (χ2n) is 4.64. The van der Waals surface area contributed by atoms with Gasteiger partial charge in [-0.2, -0.15) is 13.9 Å². The number of halogens is 2. The number of rotatable bonds is 6. The van der Waals surface area contributed by atoms with E-state index in [0.29, 0.717) is 18.1 Å². The second-order valence-corrected chi connectivity index (χ2v) is 5.62. The van der Waals surface area contributed by atoms with E-state index in [2.05, 4.69) is 15.4 Å². The van der Waals surface area contributed by atoms with Gasteiger partial charge in [-0.25, -0.2) is 9.67 Å². The summed E-state index contributed by atoms with van der Waals surface area (Å²) < 4.78 is 31.9. The molecule has 3 rings (SSSR count). The van der Waals surface area contributed by atoms with Crippen molar-refractivity contribution in [3.63, 3.8) is 0 Å². The standard InChI is InChI=1S/C15H12F2N4O2S/c16-15(17)24-14-11(4-1-6-18-14)13(22)20-12-5-7-19-21(12)9-10-3-2-8-23-10/h1-8,15H,9H2,(H,20,22). The lowest BCUT2D eigenvalue weighted by molar-refractivity contribution is 0.102. The van der Waals surface area contributed by atoms with Crippen LogP contribution in [0.3, 0.4) is 0 Å². The van der Waals surface area contributed by atoms with Crippen molar-refractivity contribution in [2.75, 3.05) is 5.32 Å². The molecule has 0 aliphatic rings. The van der Waals surface area contributed by atoms with Crippen LogP contribution in [0.5, 0.6) is 0 Å². The number of alkyl halides is 2. The average Bonchev–Trinajstić information content (AvgIpc) is 3.20. The molecule has 0 saturated heterocycles. The molecule has 124 valence electrons. The van der Waals surface area contributed by atoms with E-state index < -0.39 is 11.7 Å². The Morgan fingerprint density at radius 3 is 2.92 bits per heavy atom. The molecule has 3 aromatic heterocycles. The third-order valence-electron chi connectivity index (χ3n) is 3.06. The minimum absolute atomic E-state index is 0.0258. The summed E-state index contributed by atoms with van der Waals surface area (Å²) in [5.41, 5.74) is 0.0774. The number of nitrogens with zero attached hydrogens (tertiary/aromatic N) is 3. The molecule has 6 nitrogen and oxygen atoms in total. The van der Waals surface area contributed by atoms with Gasteiger partial charge in [0.05, 0.1) is 18.0 Å². The van der Waals surface area contributed by atoms with Gasteiger partial charge in [-0.1, -0.05) is 0 Å². The molecule has 3 aromatic rings. The van der Waals surface area contributed by atoms with Crippen LogP contribution in [-0.2, 0) is 6.54 Å². The first kappa shape index (κ1) is 16.2. The lowest BCUT2D eigenvalue weighted by Gasteiger charge is -2.10. The molecule has 0 atom stereocenters. The van der Waals surface area contributed by atoms with Crippen LogP contribution in [0.1, 0.15) is 16.1 Å². The van der Waals surface area contributed by atoms with Crippen molar-refractivity contribution < 1.29 is 18.0 Å². The van der Waals surface area contributed by atoms with E-state index in [1.54, 1.807) is 24.5 Å². The van der Waals surface area contributed by atoms with Crippen LogP contribution in [0, 0.1) is 0 Å². The molecule has 1 N–H and O–H groups in total. The zero-order valence-electron chi connectivity index (χ0n) is 12.2. The molecule has 0 radical (unpaired) electrons. The molecule has 3 heterocycles. The highest BCUT2D eigenvalue weighted by Crippen LogP contribution is 2.26. The zero-order chi connectivity index (χ0) is 16.9. The molecule has 1 amide bonds. The van der Waals surface area contributed by atoms with Gasteiger partial charge in [0.2, 0.25) is 0 Å². The second kappa shape index (κ2) is 7.26. The Balaban J connectivity index is 1.78. The third-order valence-corrected chi connectivity index (χ3v) is 3.79. The largest absolute Gasteiger partial charge is 0.467 e. The highest BCUT2D eigenvalue weighted by molar-refractivity contribution is 7.99. The van der Waals surface area contributed by atoms with E-state index in [0.717, 1.165) is 0 Å². The molecule has 0 fully saturated rings. The minimum atomic E-state index is -2.66. The fourth-order valence-electron chi connectivity index (χ4n) is 2.04. The van der Waals surface area contributed by atoms with Crippen molar-refractivity contribution in [1.82, 2.24) is 14.8 Å². The maximum Gasteiger partial charge on any atom is 0.290 e. The van der Waals surface area contributed by atoms with Crippen molar-refractivity contribution >= 4 is 23.5 Å². The Morgan fingerprint density at radius 1 is 1.29 bits per heavy atom. The van der Waals surface area contributed by atoms with Crippen molar-refractivity contribution in [2.45, 2.75) is 17.3 Å². The molecule has 9 heteroatoms. The number of anilines is 1. The molecule has 0 bridgehead atoms. The maximum atomic E-state index is 12.6. The first-order valence-electron chi connectivity index (χ1n) is 6.89. The molecule has 0 unspecified atom stereocenters. The van der Waals surface area contributed by atoms with Gasteiger partial charge < -0.3 is 9.73 Å². The summed E-state index contributed by atoms with van der Waals surface area (Å²) >= 11 is 0.231. The molecule has 0 saturated carbocycles. The highest BCUT2D eigenvalue weighted by Gasteiger charge is 2.18. The fourth-order valence-corrected chi connectivity index (χ4v) is 2.62. The lowest BCUT2D eigenvalue weighted by atomic mass is 10.2. The van der Waals surface area contributed by atoms with Gasteiger partial charge in [0.1, 0.15) is 23.1 Å². The van der Waals surface area contributed by atoms with Crippen molar-refractivity contribution in [3.8, 4) is 0 Å². The monoisotopic (exact) mass is 350 g/mol. The van der Waals surface area contributed by atoms with Crippen LogP contribution in [0.25, 0.3) is 0 Å². The van der Waals surface area contributed by atoms with Crippen molar-refractivity contribution in [2.24, 2.45) is 0 Å². The Bertz CT molecular complexity index is 821. The maximum absolute atomic E-state index is 12.6. The van der Waals surface area contributed by atoms with Crippen molar-refractivity contribution in [3.05, 3.63) is 60.3 Å². The number of carbonyl (C=O) groups excluding carboxylic acids is 1. The molecule has 24 heavy (non-hydrogen) atoms. The SMILES string of the molecule is O=C(Nc1ccnn1Cc1ccco1)c1cccnc1SC(F)F. The molecule has 0 aliphatic heterocycles. The molecular weight excluding hydrogens is 338 g/mol. The van der Waals surface area contributed by atoms with E-state index >= 15 is 0 Å². The van der Waals surface area contributed by atoms with Gasteiger partial charge in [-0.05, 0) is 36.0 Å². The minimum Gasteiger partial charge on any atom is -0.467 e. The van der Waals surface area contributed by atoms with Gasteiger partial charge in [0.25, 0.3) is 11.7 Å². The van der Waals surface area contributed by atoms with Crippen LogP contribution < -0.4 is 5.32 Å². The number of furan rings is 1. The molecular formula is C15H12F2N4O2S. The summed E-state index contributed by atoms with van der Waals surface area (Å²) in [5.74, 6) is -2.10. The van der Waals surface area contributed by atoms with E-state index in [4.69, 9.17) is 4.42 Å². The van der Waals surface area contributed by atoms with E-state index in [1.165, 1.54) is 29.2 Å². The normalized spacial score (nSPS) is 11.0. The number of thioether (sulfide) groups is 1. The van der Waals surface area contributed by atoms with E-state index in [9.17, 15) is 13.6 Å². The zero-order valence-corrected chi connectivity index (χ0v) is 13.0. The molecule has 0 aliphatic carbocycles. The summed E-state index contributed by atoms with van der Waals surface area (Å²) in [5, 5.41) is 6.74. The number of pyridine rings is 1. The van der Waals surface area contributed by atoms with Gasteiger partial charge in [0, 0.05) is 12.3 Å². The van der Waals surface area contributed by atoms with Crippen LogP contribution in [0.2, 0.25) is 0 Å². The summed E-state index contributed by atoms with van der Waals surface area (Å²) in [4.78, 5) is 16.2. The number of amides is 1. The predicted octanol–water partition coefficient (Wildman–Crippen LogP) is 3.49. The average molecular weight is 350 g/mol. The van der Waals surface area contributed by atoms with Gasteiger partial charge in [-0.3, -0.25) is 4.79 Å². The lowest BCUT2D eigenvalue weighted by Crippen LogP contribution is -2.17. The van der Waals surface area contributed by atoms with Gasteiger partial charge >= 0.3 is 0 Å². The third kappa shape index (κ3) is 3.80. The summed E-state index contributed by atoms with van der Waals surface area (Å²) in [6, 6.07) is 8.11. The fraction of sp³-hybridized carbons (Fsp3) is 0.133. The van der Waals surface area contributed by atoms with Crippen LogP contribution in [0.15, 0.2) is 58.4 Å². The van der Waals surface area contributed by atoms with Gasteiger partial charge in [0.15, 0.2) is 0 Å². The number of hydrogen-bond acceptors (Lipinski definition) is 5. The topological polar surface area (TPSA) is 73.0 Å². The Labute approximate surface area is 139 Å². The summed E-state index contributed by atoms with van der Waals surface area (Å²) in [6.45, 7) is 0.335. The Morgan fingerprint density at radius 2 is 2.17 bits per heavy atom. The quantitative estimate of drug-likeness (QED) is 0.689. The highest BCUT2D eigenvalue weighted by atomic mass is 32.2. The Hall–Kier alpha value is -2.68. The molecule has 0 aromatic carbocycles. The van der Waals surface area contributed by atoms with Crippen molar-refractivity contribution in [1.29, 1.82) is 0 Å². The van der Waals surface area contributed by atoms with Crippen LogP contribution in [-0.4, -0.2) is 26.4 Å². The van der Waals surface area contributed by atoms with E-state index in [1.807, 2.05) is 0 Å².